The molecule has 102 valence electrons. The molecule has 3 heterocycles. The average Bonchev–Trinajstić information content (AvgIpc) is 3.18. The van der Waals surface area contributed by atoms with Gasteiger partial charge in [0.25, 0.3) is 0 Å². The number of hydrogen-bond donors (Lipinski definition) is 2. The van der Waals surface area contributed by atoms with Crippen molar-refractivity contribution in [1.29, 1.82) is 0 Å². The summed E-state index contributed by atoms with van der Waals surface area (Å²) in [5.74, 6) is 0.878. The zero-order valence-electron chi connectivity index (χ0n) is 10.2. The van der Waals surface area contributed by atoms with E-state index in [-0.39, 0.29) is 19.0 Å². The molecule has 3 rings (SSSR count). The van der Waals surface area contributed by atoms with Crippen molar-refractivity contribution in [3.8, 4) is 10.7 Å². The van der Waals surface area contributed by atoms with Crippen molar-refractivity contribution < 1.29 is 4.79 Å². The second kappa shape index (κ2) is 5.57. The van der Waals surface area contributed by atoms with Gasteiger partial charge in [0, 0.05) is 0 Å². The second-order valence-corrected chi connectivity index (χ2v) is 4.78. The Morgan fingerprint density at radius 3 is 3.20 bits per heavy atom. The predicted molar refractivity (Wildman–Crippen MR) is 69.4 cm³/mol. The van der Waals surface area contributed by atoms with Gasteiger partial charge in [0.2, 0.25) is 11.7 Å². The lowest BCUT2D eigenvalue weighted by Gasteiger charge is -2.01. The molecule has 0 aromatic carbocycles. The SMILES string of the molecule is O=C(Cn1nnc(-c2cccs2)n1)NCc1ncn[nH]1. The molecular formula is C10H10N8OS. The molecule has 10 heteroatoms. The molecule has 0 atom stereocenters. The Kier molecular flexibility index (Phi) is 3.46. The summed E-state index contributed by atoms with van der Waals surface area (Å²) in [6, 6.07) is 3.81. The first-order chi connectivity index (χ1) is 9.81. The quantitative estimate of drug-likeness (QED) is 0.674. The average molecular weight is 290 g/mol. The maximum Gasteiger partial charge on any atom is 0.244 e. The number of H-pyrrole nitrogens is 1. The molecule has 1 amide bonds. The fourth-order valence-corrected chi connectivity index (χ4v) is 2.15. The lowest BCUT2D eigenvalue weighted by molar-refractivity contribution is -0.122. The van der Waals surface area contributed by atoms with Crippen LogP contribution in [0.5, 0.6) is 0 Å². The third kappa shape index (κ3) is 2.85. The van der Waals surface area contributed by atoms with E-state index in [0.717, 1.165) is 4.88 Å². The first-order valence-corrected chi connectivity index (χ1v) is 6.62. The highest BCUT2D eigenvalue weighted by Gasteiger charge is 2.10. The van der Waals surface area contributed by atoms with Crippen LogP contribution in [0.4, 0.5) is 0 Å². The molecule has 3 aromatic heterocycles. The standard InChI is InChI=1S/C10H10N8OS/c19-9(11-4-8-12-6-13-14-8)5-18-16-10(15-17-18)7-2-1-3-20-7/h1-3,6H,4-5H2,(H,11,19)(H,12,13,14). The summed E-state index contributed by atoms with van der Waals surface area (Å²) in [7, 11) is 0. The first kappa shape index (κ1) is 12.4. The summed E-state index contributed by atoms with van der Waals surface area (Å²) in [4.78, 5) is 17.8. The van der Waals surface area contributed by atoms with Crippen molar-refractivity contribution >= 4 is 17.2 Å². The topological polar surface area (TPSA) is 114 Å². The Morgan fingerprint density at radius 1 is 1.50 bits per heavy atom. The van der Waals surface area contributed by atoms with E-state index in [2.05, 4.69) is 35.9 Å². The van der Waals surface area contributed by atoms with Crippen LogP contribution in [-0.4, -0.2) is 41.3 Å². The molecule has 0 unspecified atom stereocenters. The molecule has 0 fully saturated rings. The number of thiophene rings is 1. The molecular weight excluding hydrogens is 280 g/mol. The van der Waals surface area contributed by atoms with Crippen LogP contribution in [0.3, 0.4) is 0 Å². The summed E-state index contributed by atoms with van der Waals surface area (Å²) < 4.78 is 0. The maximum absolute atomic E-state index is 11.7. The predicted octanol–water partition coefficient (Wildman–Crippen LogP) is -0.164. The number of nitrogens with zero attached hydrogens (tertiary/aromatic N) is 6. The lowest BCUT2D eigenvalue weighted by Crippen LogP contribution is -2.28. The highest BCUT2D eigenvalue weighted by atomic mass is 32.1. The van der Waals surface area contributed by atoms with Crippen molar-refractivity contribution in [1.82, 2.24) is 40.7 Å². The van der Waals surface area contributed by atoms with Crippen molar-refractivity contribution in [2.45, 2.75) is 13.1 Å². The third-order valence-electron chi connectivity index (χ3n) is 2.40. The largest absolute Gasteiger partial charge is 0.347 e. The number of carbonyl (C=O) groups is 1. The van der Waals surface area contributed by atoms with E-state index in [9.17, 15) is 4.79 Å². The number of aromatic amines is 1. The molecule has 2 N–H and O–H groups in total. The van der Waals surface area contributed by atoms with E-state index in [1.807, 2.05) is 17.5 Å². The molecule has 0 aliphatic heterocycles. The monoisotopic (exact) mass is 290 g/mol. The minimum absolute atomic E-state index is 0.00646. The van der Waals surface area contributed by atoms with Gasteiger partial charge in [0.1, 0.15) is 18.7 Å². The summed E-state index contributed by atoms with van der Waals surface area (Å²) in [6.45, 7) is 0.290. The van der Waals surface area contributed by atoms with E-state index in [1.54, 1.807) is 0 Å². The van der Waals surface area contributed by atoms with Crippen LogP contribution in [-0.2, 0) is 17.9 Å². The smallest absolute Gasteiger partial charge is 0.244 e. The van der Waals surface area contributed by atoms with E-state index >= 15 is 0 Å². The van der Waals surface area contributed by atoms with E-state index < -0.39 is 0 Å². The zero-order valence-corrected chi connectivity index (χ0v) is 11.0. The number of tetrazole rings is 1. The molecule has 0 radical (unpaired) electrons. The summed E-state index contributed by atoms with van der Waals surface area (Å²) in [6.07, 6.45) is 1.38. The Labute approximate surface area is 117 Å². The van der Waals surface area contributed by atoms with Crippen molar-refractivity contribution in [3.63, 3.8) is 0 Å². The Hall–Kier alpha value is -2.62. The van der Waals surface area contributed by atoms with Crippen LogP contribution < -0.4 is 5.32 Å². The number of amides is 1. The van der Waals surface area contributed by atoms with Crippen LogP contribution in [0.25, 0.3) is 10.7 Å². The van der Waals surface area contributed by atoms with E-state index in [0.29, 0.717) is 11.6 Å². The Morgan fingerprint density at radius 2 is 2.45 bits per heavy atom. The maximum atomic E-state index is 11.7. The van der Waals surface area contributed by atoms with Crippen LogP contribution >= 0.6 is 11.3 Å². The van der Waals surface area contributed by atoms with Crippen LogP contribution in [0, 0.1) is 0 Å². The fraction of sp³-hybridized carbons (Fsp3) is 0.200. The highest BCUT2D eigenvalue weighted by molar-refractivity contribution is 7.13. The van der Waals surface area contributed by atoms with Crippen molar-refractivity contribution in [3.05, 3.63) is 29.7 Å². The Bertz CT molecular complexity index is 674. The zero-order chi connectivity index (χ0) is 13.8. The minimum Gasteiger partial charge on any atom is -0.347 e. The van der Waals surface area contributed by atoms with Crippen molar-refractivity contribution in [2.24, 2.45) is 0 Å². The van der Waals surface area contributed by atoms with Gasteiger partial charge in [-0.2, -0.15) is 9.90 Å². The van der Waals surface area contributed by atoms with Gasteiger partial charge in [0.05, 0.1) is 11.4 Å². The summed E-state index contributed by atoms with van der Waals surface area (Å²) in [5, 5.41) is 22.8. The number of rotatable bonds is 5. The molecule has 3 aromatic rings. The Balaban J connectivity index is 1.56. The summed E-state index contributed by atoms with van der Waals surface area (Å²) in [5.41, 5.74) is 0. The van der Waals surface area contributed by atoms with Crippen LogP contribution in [0.1, 0.15) is 5.82 Å². The summed E-state index contributed by atoms with van der Waals surface area (Å²) >= 11 is 1.52. The van der Waals surface area contributed by atoms with Gasteiger partial charge < -0.3 is 5.32 Å². The number of carbonyl (C=O) groups excluding carboxylic acids is 1. The van der Waals surface area contributed by atoms with Gasteiger partial charge in [-0.05, 0) is 16.7 Å². The number of hydrogen-bond acceptors (Lipinski definition) is 7. The van der Waals surface area contributed by atoms with E-state index in [1.165, 1.54) is 22.5 Å². The normalized spacial score (nSPS) is 10.6. The molecule has 0 bridgehead atoms. The molecule has 20 heavy (non-hydrogen) atoms. The van der Waals surface area contributed by atoms with Gasteiger partial charge in [-0.25, -0.2) is 4.98 Å². The minimum atomic E-state index is -0.225. The lowest BCUT2D eigenvalue weighted by atomic mass is 10.5. The molecule has 0 saturated carbocycles. The second-order valence-electron chi connectivity index (χ2n) is 3.83. The molecule has 0 spiro atoms. The molecule has 0 saturated heterocycles. The third-order valence-corrected chi connectivity index (χ3v) is 3.26. The van der Waals surface area contributed by atoms with Gasteiger partial charge >= 0.3 is 0 Å². The fourth-order valence-electron chi connectivity index (χ4n) is 1.50. The first-order valence-electron chi connectivity index (χ1n) is 5.74. The van der Waals surface area contributed by atoms with Crippen LogP contribution in [0.15, 0.2) is 23.8 Å². The van der Waals surface area contributed by atoms with Gasteiger partial charge in [-0.3, -0.25) is 9.89 Å². The molecule has 9 nitrogen and oxygen atoms in total. The number of nitrogens with one attached hydrogen (secondary N) is 2. The van der Waals surface area contributed by atoms with Gasteiger partial charge in [0.15, 0.2) is 0 Å². The van der Waals surface area contributed by atoms with E-state index in [4.69, 9.17) is 0 Å². The van der Waals surface area contributed by atoms with Gasteiger partial charge in [-0.15, -0.1) is 21.5 Å². The highest BCUT2D eigenvalue weighted by Crippen LogP contribution is 2.19. The molecule has 0 aliphatic carbocycles. The molecule has 0 aliphatic rings. The van der Waals surface area contributed by atoms with Gasteiger partial charge in [-0.1, -0.05) is 6.07 Å². The van der Waals surface area contributed by atoms with Crippen molar-refractivity contribution in [2.75, 3.05) is 0 Å². The van der Waals surface area contributed by atoms with Crippen LogP contribution in [0.2, 0.25) is 0 Å². The number of aromatic nitrogens is 7.